The molecular formula is C24H35N5O3. The second-order valence-corrected chi connectivity index (χ2v) is 9.47. The van der Waals surface area contributed by atoms with E-state index in [-0.39, 0.29) is 17.6 Å². The minimum Gasteiger partial charge on any atom is -0.506 e. The number of carboxylic acid groups (broad SMARTS) is 1. The highest BCUT2D eigenvalue weighted by atomic mass is 16.4. The first-order chi connectivity index (χ1) is 15.1. The number of anilines is 2. The van der Waals surface area contributed by atoms with Crippen LogP contribution in [0.2, 0.25) is 0 Å². The van der Waals surface area contributed by atoms with Crippen molar-refractivity contribution in [2.24, 2.45) is 5.73 Å². The summed E-state index contributed by atoms with van der Waals surface area (Å²) in [5.41, 5.74) is 15.6. The third-order valence-corrected chi connectivity index (χ3v) is 6.38. The van der Waals surface area contributed by atoms with Gasteiger partial charge in [0.1, 0.15) is 17.9 Å². The van der Waals surface area contributed by atoms with E-state index in [1.165, 1.54) is 38.4 Å². The first-order valence-corrected chi connectivity index (χ1v) is 11.3. The van der Waals surface area contributed by atoms with Crippen LogP contribution in [-0.4, -0.2) is 45.8 Å². The molecule has 1 aromatic heterocycles. The van der Waals surface area contributed by atoms with Crippen LogP contribution in [0.1, 0.15) is 63.5 Å². The van der Waals surface area contributed by atoms with Gasteiger partial charge >= 0.3 is 5.97 Å². The minimum absolute atomic E-state index is 0.00525. The Labute approximate surface area is 189 Å². The third kappa shape index (κ3) is 5.12. The van der Waals surface area contributed by atoms with Crippen LogP contribution in [-0.2, 0) is 16.6 Å². The zero-order chi connectivity index (χ0) is 23.5. The summed E-state index contributed by atoms with van der Waals surface area (Å²) < 4.78 is 0. The zero-order valence-electron chi connectivity index (χ0n) is 19.3. The van der Waals surface area contributed by atoms with E-state index in [4.69, 9.17) is 16.6 Å². The summed E-state index contributed by atoms with van der Waals surface area (Å²) in [6.07, 6.45) is 8.75. The van der Waals surface area contributed by atoms with Gasteiger partial charge in [-0.2, -0.15) is 0 Å². The average molecular weight is 442 g/mol. The Morgan fingerprint density at radius 1 is 1.22 bits per heavy atom. The van der Waals surface area contributed by atoms with Gasteiger partial charge in [0.05, 0.1) is 17.8 Å². The number of carboxylic acids is 1. The molecule has 2 aromatic rings. The summed E-state index contributed by atoms with van der Waals surface area (Å²) in [5.74, 6) is -0.273. The molecule has 1 heterocycles. The lowest BCUT2D eigenvalue weighted by Gasteiger charge is -2.36. The number of hydrogen-bond acceptors (Lipinski definition) is 7. The van der Waals surface area contributed by atoms with E-state index in [1.807, 2.05) is 6.07 Å². The molecule has 6 N–H and O–H groups in total. The fourth-order valence-electron chi connectivity index (χ4n) is 4.76. The molecule has 0 saturated heterocycles. The summed E-state index contributed by atoms with van der Waals surface area (Å²) in [4.78, 5) is 21.2. The Bertz CT molecular complexity index is 970. The van der Waals surface area contributed by atoms with Gasteiger partial charge in [-0.3, -0.25) is 4.79 Å². The van der Waals surface area contributed by atoms with Gasteiger partial charge in [-0.1, -0.05) is 33.1 Å². The van der Waals surface area contributed by atoms with Crippen LogP contribution < -0.4 is 16.4 Å². The van der Waals surface area contributed by atoms with Crippen molar-refractivity contribution in [2.45, 2.75) is 70.3 Å². The largest absolute Gasteiger partial charge is 0.506 e. The van der Waals surface area contributed by atoms with E-state index in [0.717, 1.165) is 22.4 Å². The Hall–Kier alpha value is -2.87. The van der Waals surface area contributed by atoms with Crippen LogP contribution in [0.25, 0.3) is 11.3 Å². The van der Waals surface area contributed by atoms with E-state index < -0.39 is 5.97 Å². The SMILES string of the molecule is CN(CCC(=O)O)c1c(O)ccc2c1CC(C)(C)c1c(N)ncnc1-2.NC1CCCCC1. The highest BCUT2D eigenvalue weighted by molar-refractivity contribution is 5.83. The first kappa shape index (κ1) is 23.8. The van der Waals surface area contributed by atoms with Crippen LogP contribution in [0.4, 0.5) is 11.5 Å². The molecule has 0 aliphatic heterocycles. The fourth-order valence-corrected chi connectivity index (χ4v) is 4.76. The Kier molecular flexibility index (Phi) is 7.23. The molecule has 0 radical (unpaired) electrons. The van der Waals surface area contributed by atoms with Crippen molar-refractivity contribution in [1.29, 1.82) is 0 Å². The van der Waals surface area contributed by atoms with Gasteiger partial charge in [0.2, 0.25) is 0 Å². The van der Waals surface area contributed by atoms with E-state index in [2.05, 4.69) is 23.8 Å². The second-order valence-electron chi connectivity index (χ2n) is 9.47. The number of nitrogens with two attached hydrogens (primary N) is 2. The number of hydrogen-bond donors (Lipinski definition) is 4. The molecule has 2 aliphatic carbocycles. The maximum atomic E-state index is 10.9. The summed E-state index contributed by atoms with van der Waals surface area (Å²) in [7, 11) is 1.79. The molecule has 2 aliphatic rings. The Balaban J connectivity index is 0.000000352. The molecule has 0 amide bonds. The highest BCUT2D eigenvalue weighted by Gasteiger charge is 2.36. The molecule has 8 heteroatoms. The summed E-state index contributed by atoms with van der Waals surface area (Å²) >= 11 is 0. The van der Waals surface area contributed by atoms with E-state index >= 15 is 0 Å². The smallest absolute Gasteiger partial charge is 0.305 e. The molecule has 8 nitrogen and oxygen atoms in total. The number of aliphatic carboxylic acids is 1. The van der Waals surface area contributed by atoms with Crippen molar-refractivity contribution in [3.63, 3.8) is 0 Å². The van der Waals surface area contributed by atoms with Crippen molar-refractivity contribution in [3.8, 4) is 17.0 Å². The first-order valence-electron chi connectivity index (χ1n) is 11.3. The van der Waals surface area contributed by atoms with E-state index in [1.54, 1.807) is 18.0 Å². The number of rotatable bonds is 4. The fraction of sp³-hybridized carbons (Fsp3) is 0.542. The van der Waals surface area contributed by atoms with Crippen LogP contribution >= 0.6 is 0 Å². The molecule has 1 aromatic carbocycles. The maximum Gasteiger partial charge on any atom is 0.305 e. The predicted octanol–water partition coefficient (Wildman–Crippen LogP) is 3.45. The molecule has 0 spiro atoms. The summed E-state index contributed by atoms with van der Waals surface area (Å²) in [6.45, 7) is 4.44. The van der Waals surface area contributed by atoms with Gasteiger partial charge < -0.3 is 26.6 Å². The van der Waals surface area contributed by atoms with Crippen LogP contribution in [0, 0.1) is 0 Å². The lowest BCUT2D eigenvalue weighted by molar-refractivity contribution is -0.136. The summed E-state index contributed by atoms with van der Waals surface area (Å²) in [5, 5.41) is 19.4. The number of benzene rings is 1. The number of nitrogens with zero attached hydrogens (tertiary/aromatic N) is 3. The quantitative estimate of drug-likeness (QED) is 0.566. The molecule has 0 unspecified atom stereocenters. The van der Waals surface area contributed by atoms with Gasteiger partial charge in [-0.25, -0.2) is 9.97 Å². The van der Waals surface area contributed by atoms with Crippen molar-refractivity contribution >= 4 is 17.5 Å². The number of carbonyl (C=O) groups is 1. The molecule has 0 bridgehead atoms. The van der Waals surface area contributed by atoms with Crippen LogP contribution in [0.15, 0.2) is 18.5 Å². The topological polar surface area (TPSA) is 139 Å². The molecule has 32 heavy (non-hydrogen) atoms. The van der Waals surface area contributed by atoms with Crippen molar-refractivity contribution in [1.82, 2.24) is 9.97 Å². The average Bonchev–Trinajstić information content (AvgIpc) is 2.72. The van der Waals surface area contributed by atoms with Crippen molar-refractivity contribution < 1.29 is 15.0 Å². The third-order valence-electron chi connectivity index (χ3n) is 6.38. The predicted molar refractivity (Wildman–Crippen MR) is 127 cm³/mol. The molecule has 174 valence electrons. The van der Waals surface area contributed by atoms with Gasteiger partial charge in [-0.05, 0) is 42.4 Å². The second kappa shape index (κ2) is 9.73. The van der Waals surface area contributed by atoms with Gasteiger partial charge in [-0.15, -0.1) is 0 Å². The highest BCUT2D eigenvalue weighted by Crippen LogP contribution is 2.48. The van der Waals surface area contributed by atoms with Gasteiger partial charge in [0.15, 0.2) is 0 Å². The number of aromatic hydroxyl groups is 1. The summed E-state index contributed by atoms with van der Waals surface area (Å²) in [6, 6.07) is 3.99. The number of phenols is 1. The monoisotopic (exact) mass is 441 g/mol. The van der Waals surface area contributed by atoms with Crippen molar-refractivity contribution in [2.75, 3.05) is 24.2 Å². The lowest BCUT2D eigenvalue weighted by Crippen LogP contribution is -2.30. The Morgan fingerprint density at radius 2 is 1.91 bits per heavy atom. The standard InChI is InChI=1S/C18H22N4O3.C6H13N/c1-18(2)8-11-10(15-14(18)17(19)21-9-20-15)4-5-12(23)16(11)22(3)7-6-13(24)25;7-6-4-2-1-3-5-6/h4-5,9,23H,6-8H2,1-3H3,(H,24,25)(H2,19,20,21);6H,1-5,7H2. The van der Waals surface area contributed by atoms with Crippen LogP contribution in [0.3, 0.4) is 0 Å². The Morgan fingerprint density at radius 3 is 2.50 bits per heavy atom. The van der Waals surface area contributed by atoms with Gasteiger partial charge in [0.25, 0.3) is 0 Å². The van der Waals surface area contributed by atoms with E-state index in [9.17, 15) is 9.90 Å². The lowest BCUT2D eigenvalue weighted by atomic mass is 9.71. The molecule has 4 rings (SSSR count). The maximum absolute atomic E-state index is 10.9. The molecule has 0 atom stereocenters. The van der Waals surface area contributed by atoms with Crippen molar-refractivity contribution in [3.05, 3.63) is 29.6 Å². The van der Waals surface area contributed by atoms with Crippen LogP contribution in [0.5, 0.6) is 5.75 Å². The molecule has 1 fully saturated rings. The number of phenolic OH excluding ortho intramolecular Hbond substituents is 1. The normalized spacial score (nSPS) is 16.9. The molecule has 1 saturated carbocycles. The number of nitrogen functional groups attached to an aromatic ring is 1. The number of aromatic nitrogens is 2. The number of fused-ring (bicyclic) bond motifs is 3. The van der Waals surface area contributed by atoms with Gasteiger partial charge in [0, 0.05) is 30.8 Å². The minimum atomic E-state index is -0.873. The zero-order valence-corrected chi connectivity index (χ0v) is 19.3. The van der Waals surface area contributed by atoms with E-state index in [0.29, 0.717) is 30.5 Å². The molecular weight excluding hydrogens is 406 g/mol.